The molecule has 0 radical (unpaired) electrons. The van der Waals surface area contributed by atoms with E-state index in [-0.39, 0.29) is 5.91 Å². The Labute approximate surface area is 129 Å². The molecule has 0 saturated carbocycles. The molecule has 3 rings (SSSR count). The van der Waals surface area contributed by atoms with Crippen molar-refractivity contribution in [1.82, 2.24) is 9.80 Å². The number of hydrogen-bond donors (Lipinski definition) is 0. The lowest BCUT2D eigenvalue weighted by Crippen LogP contribution is -2.49. The van der Waals surface area contributed by atoms with E-state index in [4.69, 9.17) is 0 Å². The molecular formula is C17H20N2OS. The van der Waals surface area contributed by atoms with Gasteiger partial charge in [-0.05, 0) is 23.4 Å². The average Bonchev–Trinajstić information content (AvgIpc) is 3.08. The normalized spacial score (nSPS) is 16.1. The summed E-state index contributed by atoms with van der Waals surface area (Å²) in [7, 11) is 0. The molecule has 21 heavy (non-hydrogen) atoms. The van der Waals surface area contributed by atoms with Gasteiger partial charge in [0.2, 0.25) is 0 Å². The van der Waals surface area contributed by atoms with E-state index < -0.39 is 0 Å². The fourth-order valence-electron chi connectivity index (χ4n) is 2.68. The minimum atomic E-state index is 0.180. The first-order valence-corrected chi connectivity index (χ1v) is 8.35. The van der Waals surface area contributed by atoms with Crippen molar-refractivity contribution in [2.45, 2.75) is 6.42 Å². The lowest BCUT2D eigenvalue weighted by atomic mass is 10.1. The maximum atomic E-state index is 12.3. The predicted octanol–water partition coefficient (Wildman–Crippen LogP) is 2.75. The molecule has 0 bridgehead atoms. The Morgan fingerprint density at radius 1 is 1.05 bits per heavy atom. The van der Waals surface area contributed by atoms with E-state index in [1.165, 1.54) is 5.56 Å². The molecule has 1 saturated heterocycles. The first-order valence-electron chi connectivity index (χ1n) is 7.41. The topological polar surface area (TPSA) is 23.6 Å². The van der Waals surface area contributed by atoms with Crippen LogP contribution in [0.5, 0.6) is 0 Å². The summed E-state index contributed by atoms with van der Waals surface area (Å²) < 4.78 is 0. The highest BCUT2D eigenvalue weighted by Crippen LogP contribution is 2.12. The van der Waals surface area contributed by atoms with Crippen molar-refractivity contribution in [3.8, 4) is 0 Å². The number of carbonyl (C=O) groups is 1. The maximum Gasteiger partial charge on any atom is 0.254 e. The van der Waals surface area contributed by atoms with Gasteiger partial charge in [-0.15, -0.1) is 0 Å². The van der Waals surface area contributed by atoms with Crippen LogP contribution < -0.4 is 0 Å². The van der Waals surface area contributed by atoms with Crippen LogP contribution >= 0.6 is 11.3 Å². The summed E-state index contributed by atoms with van der Waals surface area (Å²) in [5, 5.41) is 3.90. The number of amides is 1. The zero-order valence-electron chi connectivity index (χ0n) is 12.1. The van der Waals surface area contributed by atoms with Crippen LogP contribution in [0, 0.1) is 0 Å². The molecule has 0 aliphatic carbocycles. The van der Waals surface area contributed by atoms with E-state index in [1.54, 1.807) is 11.3 Å². The fourth-order valence-corrected chi connectivity index (χ4v) is 3.30. The molecule has 2 aromatic rings. The molecule has 1 aliphatic heterocycles. The van der Waals surface area contributed by atoms with Crippen molar-refractivity contribution in [1.29, 1.82) is 0 Å². The van der Waals surface area contributed by atoms with E-state index in [2.05, 4.69) is 35.2 Å². The smallest absolute Gasteiger partial charge is 0.254 e. The van der Waals surface area contributed by atoms with Gasteiger partial charge in [0.25, 0.3) is 5.91 Å². The minimum absolute atomic E-state index is 0.180. The van der Waals surface area contributed by atoms with Crippen LogP contribution in [0.15, 0.2) is 47.2 Å². The summed E-state index contributed by atoms with van der Waals surface area (Å²) in [6, 6.07) is 12.5. The molecular weight excluding hydrogens is 280 g/mol. The molecule has 3 nitrogen and oxygen atoms in total. The predicted molar refractivity (Wildman–Crippen MR) is 86.8 cm³/mol. The number of rotatable bonds is 4. The SMILES string of the molecule is O=C(c1ccsc1)N1CCN(CCc2ccccc2)CC1. The quantitative estimate of drug-likeness (QED) is 0.867. The van der Waals surface area contributed by atoms with Gasteiger partial charge in [0, 0.05) is 38.1 Å². The third kappa shape index (κ3) is 3.71. The largest absolute Gasteiger partial charge is 0.336 e. The first-order chi connectivity index (χ1) is 10.3. The fraction of sp³-hybridized carbons (Fsp3) is 0.353. The number of nitrogens with zero attached hydrogens (tertiary/aromatic N) is 2. The van der Waals surface area contributed by atoms with Gasteiger partial charge in [0.1, 0.15) is 0 Å². The molecule has 1 aliphatic rings. The van der Waals surface area contributed by atoms with Crippen LogP contribution in [0.4, 0.5) is 0 Å². The van der Waals surface area contributed by atoms with Crippen molar-refractivity contribution < 1.29 is 4.79 Å². The van der Waals surface area contributed by atoms with Crippen molar-refractivity contribution in [3.63, 3.8) is 0 Å². The lowest BCUT2D eigenvalue weighted by molar-refractivity contribution is 0.0639. The monoisotopic (exact) mass is 300 g/mol. The van der Waals surface area contributed by atoms with Crippen LogP contribution in [0.1, 0.15) is 15.9 Å². The van der Waals surface area contributed by atoms with E-state index in [1.807, 2.05) is 21.7 Å². The van der Waals surface area contributed by atoms with Gasteiger partial charge >= 0.3 is 0 Å². The number of hydrogen-bond acceptors (Lipinski definition) is 3. The highest BCUT2D eigenvalue weighted by atomic mass is 32.1. The second kappa shape index (κ2) is 6.87. The van der Waals surface area contributed by atoms with Crippen LogP contribution in [-0.2, 0) is 6.42 Å². The van der Waals surface area contributed by atoms with Crippen molar-refractivity contribution >= 4 is 17.2 Å². The van der Waals surface area contributed by atoms with Gasteiger partial charge < -0.3 is 4.90 Å². The molecule has 1 aromatic carbocycles. The van der Waals surface area contributed by atoms with Crippen molar-refractivity contribution in [3.05, 3.63) is 58.3 Å². The molecule has 1 aromatic heterocycles. The highest BCUT2D eigenvalue weighted by Gasteiger charge is 2.21. The van der Waals surface area contributed by atoms with Crippen LogP contribution in [0.25, 0.3) is 0 Å². The molecule has 0 atom stereocenters. The Bertz CT molecular complexity index is 560. The Morgan fingerprint density at radius 2 is 1.81 bits per heavy atom. The van der Waals surface area contributed by atoms with Gasteiger partial charge in [0.15, 0.2) is 0 Å². The van der Waals surface area contributed by atoms with Crippen LogP contribution in [0.3, 0.4) is 0 Å². The maximum absolute atomic E-state index is 12.3. The van der Waals surface area contributed by atoms with Gasteiger partial charge in [-0.2, -0.15) is 11.3 Å². The van der Waals surface area contributed by atoms with Gasteiger partial charge in [-0.3, -0.25) is 9.69 Å². The molecule has 0 N–H and O–H groups in total. The van der Waals surface area contributed by atoms with E-state index >= 15 is 0 Å². The second-order valence-electron chi connectivity index (χ2n) is 5.38. The number of carbonyl (C=O) groups excluding carboxylic acids is 1. The van der Waals surface area contributed by atoms with E-state index in [0.29, 0.717) is 0 Å². The Balaban J connectivity index is 1.46. The van der Waals surface area contributed by atoms with E-state index in [0.717, 1.165) is 44.7 Å². The molecule has 0 spiro atoms. The highest BCUT2D eigenvalue weighted by molar-refractivity contribution is 7.08. The minimum Gasteiger partial charge on any atom is -0.336 e. The standard InChI is InChI=1S/C17H20N2OS/c20-17(16-7-13-21-14-16)19-11-9-18(10-12-19)8-6-15-4-2-1-3-5-15/h1-5,7,13-14H,6,8-12H2. The molecule has 110 valence electrons. The first kappa shape index (κ1) is 14.3. The van der Waals surface area contributed by atoms with Crippen molar-refractivity contribution in [2.24, 2.45) is 0 Å². The third-order valence-corrected chi connectivity index (χ3v) is 4.67. The molecule has 1 amide bonds. The molecule has 1 fully saturated rings. The average molecular weight is 300 g/mol. The molecule has 0 unspecified atom stereocenters. The summed E-state index contributed by atoms with van der Waals surface area (Å²) >= 11 is 1.58. The van der Waals surface area contributed by atoms with Gasteiger partial charge in [-0.25, -0.2) is 0 Å². The zero-order valence-corrected chi connectivity index (χ0v) is 12.9. The van der Waals surface area contributed by atoms with Gasteiger partial charge in [-0.1, -0.05) is 30.3 Å². The number of thiophene rings is 1. The second-order valence-corrected chi connectivity index (χ2v) is 6.16. The van der Waals surface area contributed by atoms with Gasteiger partial charge in [0.05, 0.1) is 5.56 Å². The number of benzene rings is 1. The summed E-state index contributed by atoms with van der Waals surface area (Å²) in [5.74, 6) is 0.180. The molecule has 4 heteroatoms. The Morgan fingerprint density at radius 3 is 2.48 bits per heavy atom. The summed E-state index contributed by atoms with van der Waals surface area (Å²) in [5.41, 5.74) is 2.21. The number of piperazine rings is 1. The summed E-state index contributed by atoms with van der Waals surface area (Å²) in [4.78, 5) is 16.7. The zero-order chi connectivity index (χ0) is 14.5. The third-order valence-electron chi connectivity index (χ3n) is 3.99. The Kier molecular flexibility index (Phi) is 4.68. The molecule has 2 heterocycles. The van der Waals surface area contributed by atoms with E-state index in [9.17, 15) is 4.79 Å². The lowest BCUT2D eigenvalue weighted by Gasteiger charge is -2.34. The van der Waals surface area contributed by atoms with Crippen LogP contribution in [-0.4, -0.2) is 48.4 Å². The van der Waals surface area contributed by atoms with Crippen LogP contribution in [0.2, 0.25) is 0 Å². The Hall–Kier alpha value is -1.65. The van der Waals surface area contributed by atoms with Crippen molar-refractivity contribution in [2.75, 3.05) is 32.7 Å². The summed E-state index contributed by atoms with van der Waals surface area (Å²) in [6.45, 7) is 4.70. The summed E-state index contributed by atoms with van der Waals surface area (Å²) in [6.07, 6.45) is 1.08.